The van der Waals surface area contributed by atoms with E-state index < -0.39 is 31.5 Å². The summed E-state index contributed by atoms with van der Waals surface area (Å²) in [7, 11) is -6.99. The molecule has 0 bridgehead atoms. The summed E-state index contributed by atoms with van der Waals surface area (Å²) in [4.78, 5) is 12.1. The molecule has 1 heterocycles. The van der Waals surface area contributed by atoms with Gasteiger partial charge in [0.05, 0.1) is 10.6 Å². The summed E-state index contributed by atoms with van der Waals surface area (Å²) in [6.45, 7) is 2.47. The lowest BCUT2D eigenvalue weighted by Gasteiger charge is -2.31. The van der Waals surface area contributed by atoms with Crippen molar-refractivity contribution in [3.05, 3.63) is 29.3 Å². The van der Waals surface area contributed by atoms with Gasteiger partial charge >= 0.3 is 0 Å². The number of nitrogens with one attached hydrogen (secondary N) is 1. The average Bonchev–Trinajstić information content (AvgIpc) is 2.55. The highest BCUT2D eigenvalue weighted by Crippen LogP contribution is 2.17. The first-order chi connectivity index (χ1) is 12.1. The fourth-order valence-corrected chi connectivity index (χ4v) is 5.65. The molecule has 1 aromatic carbocycles. The number of benzene rings is 1. The molecule has 0 unspecified atom stereocenters. The van der Waals surface area contributed by atoms with Gasteiger partial charge in [0, 0.05) is 24.2 Å². The van der Waals surface area contributed by atoms with Gasteiger partial charge in [0.15, 0.2) is 9.84 Å². The van der Waals surface area contributed by atoms with E-state index in [9.17, 15) is 21.6 Å². The third-order valence-corrected chi connectivity index (χ3v) is 8.13. The van der Waals surface area contributed by atoms with Crippen molar-refractivity contribution in [2.24, 2.45) is 0 Å². The molecule has 146 valence electrons. The van der Waals surface area contributed by atoms with Crippen molar-refractivity contribution in [3.63, 3.8) is 0 Å². The minimum atomic E-state index is -3.75. The molecular formula is C16H23ClN2O5S2. The number of carbonyl (C=O) groups is 1. The molecule has 2 rings (SSSR count). The van der Waals surface area contributed by atoms with Gasteiger partial charge in [-0.15, -0.1) is 0 Å². The Kier molecular flexibility index (Phi) is 7.06. The number of sulfonamides is 1. The first kappa shape index (κ1) is 21.1. The second-order valence-corrected chi connectivity index (χ2v) is 10.8. The predicted molar refractivity (Wildman–Crippen MR) is 100 cm³/mol. The summed E-state index contributed by atoms with van der Waals surface area (Å²) < 4.78 is 50.0. The Bertz CT molecular complexity index is 830. The third kappa shape index (κ3) is 5.67. The lowest BCUT2D eigenvalue weighted by atomic mass is 10.1. The van der Waals surface area contributed by atoms with Gasteiger partial charge in [-0.25, -0.2) is 21.1 Å². The number of hydrogen-bond acceptors (Lipinski definition) is 5. The molecule has 1 aromatic rings. The summed E-state index contributed by atoms with van der Waals surface area (Å²) in [5.41, 5.74) is 0. The largest absolute Gasteiger partial charge is 0.352 e. The number of nitrogens with zero attached hydrogens (tertiary/aromatic N) is 1. The maximum Gasteiger partial charge on any atom is 0.235 e. The first-order valence-corrected chi connectivity index (χ1v) is 12.0. The highest BCUT2D eigenvalue weighted by atomic mass is 35.5. The van der Waals surface area contributed by atoms with Crippen LogP contribution in [0.1, 0.15) is 26.2 Å². The summed E-state index contributed by atoms with van der Waals surface area (Å²) in [6, 6.07) is 5.41. The van der Waals surface area contributed by atoms with Gasteiger partial charge in [-0.3, -0.25) is 4.79 Å². The van der Waals surface area contributed by atoms with Crippen molar-refractivity contribution >= 4 is 37.4 Å². The number of hydrogen-bond donors (Lipinski definition) is 1. The van der Waals surface area contributed by atoms with Gasteiger partial charge in [-0.1, -0.05) is 18.5 Å². The van der Waals surface area contributed by atoms with Crippen molar-refractivity contribution < 1.29 is 21.6 Å². The lowest BCUT2D eigenvalue weighted by Crippen LogP contribution is -2.48. The molecule has 0 saturated carbocycles. The van der Waals surface area contributed by atoms with Gasteiger partial charge in [0.2, 0.25) is 15.9 Å². The Morgan fingerprint density at radius 2 is 1.73 bits per heavy atom. The Labute approximate surface area is 159 Å². The second kappa shape index (κ2) is 8.69. The molecule has 1 N–H and O–H groups in total. The molecule has 1 saturated heterocycles. The molecule has 1 aliphatic heterocycles. The SMILES string of the molecule is CCCS(=O)(=O)N1CCC(NC(=O)CS(=O)(=O)c2ccc(Cl)cc2)CC1. The number of halogens is 1. The predicted octanol–water partition coefficient (Wildman–Crippen LogP) is 1.43. The number of amides is 1. The molecule has 26 heavy (non-hydrogen) atoms. The van der Waals surface area contributed by atoms with E-state index in [1.54, 1.807) is 0 Å². The van der Waals surface area contributed by atoms with Crippen LogP contribution in [0.25, 0.3) is 0 Å². The number of rotatable bonds is 7. The van der Waals surface area contributed by atoms with Crippen LogP contribution in [0.3, 0.4) is 0 Å². The fourth-order valence-electron chi connectivity index (χ4n) is 2.83. The van der Waals surface area contributed by atoms with E-state index in [2.05, 4.69) is 5.32 Å². The molecular weight excluding hydrogens is 400 g/mol. The number of piperidine rings is 1. The van der Waals surface area contributed by atoms with E-state index in [4.69, 9.17) is 11.6 Å². The molecule has 1 amide bonds. The van der Waals surface area contributed by atoms with Crippen molar-refractivity contribution in [2.75, 3.05) is 24.6 Å². The zero-order valence-electron chi connectivity index (χ0n) is 14.5. The van der Waals surface area contributed by atoms with Crippen LogP contribution in [-0.4, -0.2) is 57.7 Å². The maximum absolute atomic E-state index is 12.3. The Morgan fingerprint density at radius 1 is 1.15 bits per heavy atom. The van der Waals surface area contributed by atoms with Crippen molar-refractivity contribution in [2.45, 2.75) is 37.1 Å². The molecule has 10 heteroatoms. The molecule has 0 radical (unpaired) electrons. The van der Waals surface area contributed by atoms with Crippen LogP contribution < -0.4 is 5.32 Å². The van der Waals surface area contributed by atoms with E-state index in [1.165, 1.54) is 28.6 Å². The molecule has 1 fully saturated rings. The molecule has 0 spiro atoms. The standard InChI is InChI=1S/C16H23ClN2O5S2/c1-2-11-26(23,24)19-9-7-14(8-10-19)18-16(20)12-25(21,22)15-5-3-13(17)4-6-15/h3-6,14H,2,7-12H2,1H3,(H,18,20). The number of sulfone groups is 1. The van der Waals surface area contributed by atoms with Crippen LogP contribution in [0, 0.1) is 0 Å². The number of carbonyl (C=O) groups excluding carboxylic acids is 1. The van der Waals surface area contributed by atoms with E-state index in [0.717, 1.165) is 0 Å². The van der Waals surface area contributed by atoms with E-state index in [1.807, 2.05) is 6.92 Å². The summed E-state index contributed by atoms with van der Waals surface area (Å²) in [5.74, 6) is -1.12. The third-order valence-electron chi connectivity index (χ3n) is 4.17. The van der Waals surface area contributed by atoms with E-state index in [0.29, 0.717) is 37.4 Å². The van der Waals surface area contributed by atoms with Crippen LogP contribution in [0.15, 0.2) is 29.2 Å². The highest BCUT2D eigenvalue weighted by Gasteiger charge is 2.29. The van der Waals surface area contributed by atoms with Crippen LogP contribution in [-0.2, 0) is 24.7 Å². The normalized spacial score (nSPS) is 17.2. The summed E-state index contributed by atoms with van der Waals surface area (Å²) in [6.07, 6.45) is 1.49. The van der Waals surface area contributed by atoms with Gasteiger partial charge < -0.3 is 5.32 Å². The molecule has 0 atom stereocenters. The molecule has 0 aliphatic carbocycles. The lowest BCUT2D eigenvalue weighted by molar-refractivity contribution is -0.119. The van der Waals surface area contributed by atoms with E-state index in [-0.39, 0.29) is 16.7 Å². The minimum Gasteiger partial charge on any atom is -0.352 e. The van der Waals surface area contributed by atoms with Crippen molar-refractivity contribution in [1.29, 1.82) is 0 Å². The van der Waals surface area contributed by atoms with Crippen molar-refractivity contribution in [1.82, 2.24) is 9.62 Å². The van der Waals surface area contributed by atoms with Gasteiger partial charge in [-0.05, 0) is 43.5 Å². The first-order valence-electron chi connectivity index (χ1n) is 8.39. The van der Waals surface area contributed by atoms with Crippen LogP contribution in [0.4, 0.5) is 0 Å². The smallest absolute Gasteiger partial charge is 0.235 e. The Hall–Kier alpha value is -1.16. The quantitative estimate of drug-likeness (QED) is 0.716. The maximum atomic E-state index is 12.3. The average molecular weight is 423 g/mol. The zero-order chi connectivity index (χ0) is 19.4. The zero-order valence-corrected chi connectivity index (χ0v) is 16.9. The Morgan fingerprint density at radius 3 is 2.27 bits per heavy atom. The van der Waals surface area contributed by atoms with Gasteiger partial charge in [-0.2, -0.15) is 0 Å². The second-order valence-electron chi connectivity index (χ2n) is 6.27. The fraction of sp³-hybridized carbons (Fsp3) is 0.562. The van der Waals surface area contributed by atoms with Gasteiger partial charge in [0.25, 0.3) is 0 Å². The van der Waals surface area contributed by atoms with Crippen LogP contribution in [0.2, 0.25) is 5.02 Å². The monoisotopic (exact) mass is 422 g/mol. The topological polar surface area (TPSA) is 101 Å². The highest BCUT2D eigenvalue weighted by molar-refractivity contribution is 7.92. The summed E-state index contributed by atoms with van der Waals surface area (Å²) in [5, 5.41) is 3.11. The minimum absolute atomic E-state index is 0.0394. The molecule has 0 aromatic heterocycles. The van der Waals surface area contributed by atoms with Crippen LogP contribution in [0.5, 0.6) is 0 Å². The summed E-state index contributed by atoms with van der Waals surface area (Å²) >= 11 is 5.74. The van der Waals surface area contributed by atoms with Crippen LogP contribution >= 0.6 is 11.6 Å². The Balaban J connectivity index is 1.88. The van der Waals surface area contributed by atoms with Gasteiger partial charge in [0.1, 0.15) is 5.75 Å². The molecule has 1 aliphatic rings. The molecule has 7 nitrogen and oxygen atoms in total. The van der Waals surface area contributed by atoms with E-state index >= 15 is 0 Å². The van der Waals surface area contributed by atoms with Crippen molar-refractivity contribution in [3.8, 4) is 0 Å².